The van der Waals surface area contributed by atoms with Gasteiger partial charge in [0.15, 0.2) is 0 Å². The molecule has 0 N–H and O–H groups in total. The van der Waals surface area contributed by atoms with Gasteiger partial charge in [-0.25, -0.2) is 0 Å². The van der Waals surface area contributed by atoms with Crippen molar-refractivity contribution < 1.29 is 9.59 Å². The highest BCUT2D eigenvalue weighted by atomic mass is 16.2. The van der Waals surface area contributed by atoms with Crippen LogP contribution < -0.4 is 0 Å². The molecular formula is C10H14O2. The van der Waals surface area contributed by atoms with Gasteiger partial charge in [-0.1, -0.05) is 0 Å². The maximum absolute atomic E-state index is 11.6. The number of carbonyl (C=O) groups is 2. The highest BCUT2D eigenvalue weighted by Crippen LogP contribution is 2.48. The van der Waals surface area contributed by atoms with Gasteiger partial charge in [-0.15, -0.1) is 0 Å². The predicted molar refractivity (Wildman–Crippen MR) is 44.7 cm³/mol. The van der Waals surface area contributed by atoms with Gasteiger partial charge in [0.1, 0.15) is 11.6 Å². The number of rotatable bonds is 1. The SMILES string of the molecule is CC(=O)C12CCC(CC1)CC2=O. The molecule has 0 aliphatic heterocycles. The molecular weight excluding hydrogens is 152 g/mol. The molecule has 0 aromatic heterocycles. The molecule has 0 aromatic rings. The average molecular weight is 166 g/mol. The van der Waals surface area contributed by atoms with Crippen LogP contribution in [-0.2, 0) is 9.59 Å². The fraction of sp³-hybridized carbons (Fsp3) is 0.800. The lowest BCUT2D eigenvalue weighted by atomic mass is 9.58. The summed E-state index contributed by atoms with van der Waals surface area (Å²) in [4.78, 5) is 23.0. The number of hydrogen-bond acceptors (Lipinski definition) is 2. The lowest BCUT2D eigenvalue weighted by Crippen LogP contribution is -2.47. The van der Waals surface area contributed by atoms with Crippen LogP contribution in [0.4, 0.5) is 0 Å². The Labute approximate surface area is 72.3 Å². The molecule has 0 aromatic carbocycles. The zero-order chi connectivity index (χ0) is 8.77. The fourth-order valence-electron chi connectivity index (χ4n) is 2.66. The molecule has 3 aliphatic rings. The topological polar surface area (TPSA) is 34.1 Å². The minimum absolute atomic E-state index is 0.102. The lowest BCUT2D eigenvalue weighted by Gasteiger charge is -2.43. The summed E-state index contributed by atoms with van der Waals surface area (Å²) >= 11 is 0. The Morgan fingerprint density at radius 1 is 1.42 bits per heavy atom. The van der Waals surface area contributed by atoms with Crippen LogP contribution in [-0.4, -0.2) is 11.6 Å². The predicted octanol–water partition coefficient (Wildman–Crippen LogP) is 1.72. The second kappa shape index (κ2) is 2.41. The van der Waals surface area contributed by atoms with Crippen molar-refractivity contribution in [2.24, 2.45) is 11.3 Å². The molecule has 0 atom stereocenters. The van der Waals surface area contributed by atoms with E-state index in [-0.39, 0.29) is 11.6 Å². The van der Waals surface area contributed by atoms with E-state index in [0.29, 0.717) is 12.3 Å². The van der Waals surface area contributed by atoms with Crippen molar-refractivity contribution in [3.8, 4) is 0 Å². The van der Waals surface area contributed by atoms with E-state index in [1.165, 1.54) is 0 Å². The van der Waals surface area contributed by atoms with Gasteiger partial charge in [0.2, 0.25) is 0 Å². The monoisotopic (exact) mass is 166 g/mol. The van der Waals surface area contributed by atoms with E-state index in [4.69, 9.17) is 0 Å². The second-order valence-electron chi connectivity index (χ2n) is 4.21. The maximum atomic E-state index is 11.6. The smallest absolute Gasteiger partial charge is 0.146 e. The molecule has 2 heteroatoms. The zero-order valence-corrected chi connectivity index (χ0v) is 7.43. The molecule has 12 heavy (non-hydrogen) atoms. The van der Waals surface area contributed by atoms with Crippen molar-refractivity contribution in [3.05, 3.63) is 0 Å². The molecule has 66 valence electrons. The van der Waals surface area contributed by atoms with Crippen molar-refractivity contribution in [1.29, 1.82) is 0 Å². The molecule has 3 saturated carbocycles. The third-order valence-corrected chi connectivity index (χ3v) is 3.64. The van der Waals surface area contributed by atoms with E-state index in [0.717, 1.165) is 25.7 Å². The average Bonchev–Trinajstić information content (AvgIpc) is 2.05. The summed E-state index contributed by atoms with van der Waals surface area (Å²) in [5.41, 5.74) is -0.533. The molecule has 0 radical (unpaired) electrons. The molecule has 0 heterocycles. The van der Waals surface area contributed by atoms with Crippen LogP contribution in [0.15, 0.2) is 0 Å². The molecule has 0 spiro atoms. The highest BCUT2D eigenvalue weighted by molar-refractivity contribution is 6.07. The fourth-order valence-corrected chi connectivity index (χ4v) is 2.66. The molecule has 2 nitrogen and oxygen atoms in total. The van der Waals surface area contributed by atoms with Gasteiger partial charge in [0.05, 0.1) is 5.41 Å². The highest BCUT2D eigenvalue weighted by Gasteiger charge is 2.50. The van der Waals surface area contributed by atoms with Gasteiger partial charge in [-0.3, -0.25) is 9.59 Å². The largest absolute Gasteiger partial charge is 0.299 e. The maximum Gasteiger partial charge on any atom is 0.146 e. The molecule has 0 unspecified atom stereocenters. The molecule has 3 fully saturated rings. The number of ketones is 2. The summed E-state index contributed by atoms with van der Waals surface area (Å²) < 4.78 is 0. The zero-order valence-electron chi connectivity index (χ0n) is 7.43. The second-order valence-corrected chi connectivity index (χ2v) is 4.21. The Balaban J connectivity index is 2.32. The number of carbonyl (C=O) groups excluding carboxylic acids is 2. The van der Waals surface area contributed by atoms with Crippen LogP contribution in [0, 0.1) is 11.3 Å². The van der Waals surface area contributed by atoms with Gasteiger partial charge in [-0.05, 0) is 38.5 Å². The Bertz CT molecular complexity index is 234. The number of fused-ring (bicyclic) bond motifs is 3. The minimum Gasteiger partial charge on any atom is -0.299 e. The molecule has 3 rings (SSSR count). The molecule has 0 saturated heterocycles. The van der Waals surface area contributed by atoms with Crippen LogP contribution >= 0.6 is 0 Å². The molecule has 0 amide bonds. The third-order valence-electron chi connectivity index (χ3n) is 3.64. The summed E-state index contributed by atoms with van der Waals surface area (Å²) in [7, 11) is 0. The summed E-state index contributed by atoms with van der Waals surface area (Å²) in [5, 5.41) is 0. The van der Waals surface area contributed by atoms with Gasteiger partial charge in [0, 0.05) is 6.42 Å². The van der Waals surface area contributed by atoms with E-state index in [1.54, 1.807) is 6.92 Å². The Kier molecular flexibility index (Phi) is 1.60. The van der Waals surface area contributed by atoms with Gasteiger partial charge in [-0.2, -0.15) is 0 Å². The summed E-state index contributed by atoms with van der Waals surface area (Å²) in [5.74, 6) is 0.918. The first-order valence-electron chi connectivity index (χ1n) is 4.69. The van der Waals surface area contributed by atoms with E-state index in [9.17, 15) is 9.59 Å². The van der Waals surface area contributed by atoms with Crippen LogP contribution in [0.1, 0.15) is 39.0 Å². The number of Topliss-reactive ketones (excluding diaryl/α,β-unsaturated/α-hetero) is 2. The number of hydrogen-bond donors (Lipinski definition) is 0. The first kappa shape index (κ1) is 7.96. The van der Waals surface area contributed by atoms with E-state index in [2.05, 4.69) is 0 Å². The van der Waals surface area contributed by atoms with Crippen molar-refractivity contribution in [2.45, 2.75) is 39.0 Å². The Morgan fingerprint density at radius 2 is 2.00 bits per heavy atom. The van der Waals surface area contributed by atoms with E-state index in [1.807, 2.05) is 0 Å². The van der Waals surface area contributed by atoms with Crippen LogP contribution in [0.25, 0.3) is 0 Å². The van der Waals surface area contributed by atoms with Gasteiger partial charge in [0.25, 0.3) is 0 Å². The standard InChI is InChI=1S/C10H14O2/c1-7(11)10-4-2-8(3-5-10)6-9(10)12/h8H,2-6H2,1H3. The van der Waals surface area contributed by atoms with E-state index >= 15 is 0 Å². The first-order valence-corrected chi connectivity index (χ1v) is 4.69. The van der Waals surface area contributed by atoms with Crippen LogP contribution in [0.3, 0.4) is 0 Å². The van der Waals surface area contributed by atoms with Crippen molar-refractivity contribution in [2.75, 3.05) is 0 Å². The van der Waals surface area contributed by atoms with Crippen molar-refractivity contribution >= 4 is 11.6 Å². The molecule has 3 aliphatic carbocycles. The first-order chi connectivity index (χ1) is 5.65. The van der Waals surface area contributed by atoms with Gasteiger partial charge >= 0.3 is 0 Å². The summed E-state index contributed by atoms with van der Waals surface area (Å²) in [6.07, 6.45) is 4.49. The van der Waals surface area contributed by atoms with Crippen LogP contribution in [0.5, 0.6) is 0 Å². The third kappa shape index (κ3) is 0.869. The normalized spacial score (nSPS) is 40.1. The Hall–Kier alpha value is -0.660. The van der Waals surface area contributed by atoms with Crippen LogP contribution in [0.2, 0.25) is 0 Å². The minimum atomic E-state index is -0.533. The summed E-state index contributed by atoms with van der Waals surface area (Å²) in [6, 6.07) is 0. The lowest BCUT2D eigenvalue weighted by molar-refractivity contribution is -0.148. The van der Waals surface area contributed by atoms with Crippen molar-refractivity contribution in [3.63, 3.8) is 0 Å². The van der Waals surface area contributed by atoms with Gasteiger partial charge < -0.3 is 0 Å². The van der Waals surface area contributed by atoms with E-state index < -0.39 is 5.41 Å². The summed E-state index contributed by atoms with van der Waals surface area (Å²) in [6.45, 7) is 1.57. The molecule has 2 bridgehead atoms. The quantitative estimate of drug-likeness (QED) is 0.556. The Morgan fingerprint density at radius 3 is 2.33 bits per heavy atom. The van der Waals surface area contributed by atoms with Crippen molar-refractivity contribution in [1.82, 2.24) is 0 Å².